The molecule has 1 unspecified atom stereocenters. The van der Waals surface area contributed by atoms with Crippen molar-refractivity contribution in [3.8, 4) is 0 Å². The van der Waals surface area contributed by atoms with Gasteiger partial charge in [-0.2, -0.15) is 5.10 Å². The SMILES string of the molecule is CC(=O)N1N=C(c2ccc(C)cc2)CC1CC(=C=C(C)C)c1cccs1. The van der Waals surface area contributed by atoms with Crippen molar-refractivity contribution >= 4 is 28.5 Å². The Labute approximate surface area is 159 Å². The second kappa shape index (κ2) is 7.86. The summed E-state index contributed by atoms with van der Waals surface area (Å²) < 4.78 is 0. The molecule has 0 N–H and O–H groups in total. The van der Waals surface area contributed by atoms with Crippen LogP contribution in [0.2, 0.25) is 0 Å². The Morgan fingerprint density at radius 2 is 1.96 bits per heavy atom. The summed E-state index contributed by atoms with van der Waals surface area (Å²) in [6.07, 6.45) is 1.52. The van der Waals surface area contributed by atoms with Gasteiger partial charge in [-0.1, -0.05) is 35.9 Å². The lowest BCUT2D eigenvalue weighted by Gasteiger charge is -2.20. The molecule has 2 heterocycles. The predicted octanol–water partition coefficient (Wildman–Crippen LogP) is 5.42. The number of hydrogen-bond acceptors (Lipinski definition) is 3. The fourth-order valence-electron chi connectivity index (χ4n) is 3.17. The van der Waals surface area contributed by atoms with E-state index in [1.54, 1.807) is 23.3 Å². The van der Waals surface area contributed by atoms with Crippen LogP contribution in [0.4, 0.5) is 0 Å². The summed E-state index contributed by atoms with van der Waals surface area (Å²) in [5.41, 5.74) is 9.07. The molecule has 1 atom stereocenters. The van der Waals surface area contributed by atoms with E-state index < -0.39 is 0 Å². The van der Waals surface area contributed by atoms with Crippen LogP contribution < -0.4 is 0 Å². The van der Waals surface area contributed by atoms with Crippen LogP contribution in [0.3, 0.4) is 0 Å². The first-order valence-corrected chi connectivity index (χ1v) is 9.73. The number of rotatable bonds is 4. The fourth-order valence-corrected chi connectivity index (χ4v) is 3.91. The van der Waals surface area contributed by atoms with Crippen molar-refractivity contribution in [2.45, 2.75) is 46.6 Å². The summed E-state index contributed by atoms with van der Waals surface area (Å²) >= 11 is 1.71. The van der Waals surface area contributed by atoms with E-state index in [0.29, 0.717) is 0 Å². The molecule has 1 aliphatic heterocycles. The topological polar surface area (TPSA) is 32.7 Å². The third-order valence-electron chi connectivity index (χ3n) is 4.37. The van der Waals surface area contributed by atoms with E-state index in [1.165, 1.54) is 10.4 Å². The number of amides is 1. The van der Waals surface area contributed by atoms with E-state index in [0.717, 1.165) is 35.3 Å². The number of hydrazone groups is 1. The van der Waals surface area contributed by atoms with Gasteiger partial charge in [-0.3, -0.25) is 4.79 Å². The molecule has 4 heteroatoms. The minimum atomic E-state index is -0.0140. The monoisotopic (exact) mass is 364 g/mol. The summed E-state index contributed by atoms with van der Waals surface area (Å²) in [6, 6.07) is 12.5. The number of hydrogen-bond donors (Lipinski definition) is 0. The summed E-state index contributed by atoms with van der Waals surface area (Å²) in [5, 5.41) is 8.36. The van der Waals surface area contributed by atoms with E-state index >= 15 is 0 Å². The second-order valence-corrected chi connectivity index (χ2v) is 7.87. The second-order valence-electron chi connectivity index (χ2n) is 6.92. The molecule has 26 heavy (non-hydrogen) atoms. The standard InChI is InChI=1S/C22H24N2OS/c1-15(2)12-19(22-6-5-11-26-22)13-20-14-21(23-24(20)17(4)25)18-9-7-16(3)8-10-18/h5-11,20H,13-14H2,1-4H3. The zero-order valence-electron chi connectivity index (χ0n) is 15.7. The minimum Gasteiger partial charge on any atom is -0.273 e. The average Bonchev–Trinajstić information content (AvgIpc) is 3.24. The van der Waals surface area contributed by atoms with E-state index in [1.807, 2.05) is 0 Å². The first kappa shape index (κ1) is 18.4. The predicted molar refractivity (Wildman–Crippen MR) is 109 cm³/mol. The number of carbonyl (C=O) groups excluding carboxylic acids is 1. The third-order valence-corrected chi connectivity index (χ3v) is 5.30. The highest BCUT2D eigenvalue weighted by atomic mass is 32.1. The molecule has 1 aromatic heterocycles. The Balaban J connectivity index is 1.89. The van der Waals surface area contributed by atoms with Crippen LogP contribution in [0.15, 0.2) is 58.2 Å². The Bertz CT molecular complexity index is 881. The molecule has 0 bridgehead atoms. The number of carbonyl (C=O) groups is 1. The lowest BCUT2D eigenvalue weighted by atomic mass is 9.97. The summed E-state index contributed by atoms with van der Waals surface area (Å²) in [5.74, 6) is -0.0140. The van der Waals surface area contributed by atoms with Crippen molar-refractivity contribution in [3.05, 3.63) is 69.1 Å². The first-order chi connectivity index (χ1) is 12.4. The highest BCUT2D eigenvalue weighted by Gasteiger charge is 2.31. The lowest BCUT2D eigenvalue weighted by molar-refractivity contribution is -0.130. The van der Waals surface area contributed by atoms with E-state index in [2.05, 4.69) is 73.4 Å². The van der Waals surface area contributed by atoms with Crippen LogP contribution in [0, 0.1) is 6.92 Å². The molecule has 0 spiro atoms. The van der Waals surface area contributed by atoms with Crippen LogP contribution in [-0.4, -0.2) is 22.7 Å². The van der Waals surface area contributed by atoms with Gasteiger partial charge in [0.05, 0.1) is 11.8 Å². The van der Waals surface area contributed by atoms with Crippen molar-refractivity contribution in [3.63, 3.8) is 0 Å². The minimum absolute atomic E-state index is 0.0140. The summed E-state index contributed by atoms with van der Waals surface area (Å²) in [4.78, 5) is 13.4. The summed E-state index contributed by atoms with van der Waals surface area (Å²) in [6.45, 7) is 7.77. The largest absolute Gasteiger partial charge is 0.273 e. The average molecular weight is 365 g/mol. The molecule has 0 saturated carbocycles. The van der Waals surface area contributed by atoms with Gasteiger partial charge in [0.1, 0.15) is 0 Å². The molecule has 1 aliphatic rings. The number of nitrogens with zero attached hydrogens (tertiary/aromatic N) is 2. The molecule has 0 aliphatic carbocycles. The van der Waals surface area contributed by atoms with Crippen LogP contribution in [0.1, 0.15) is 49.6 Å². The van der Waals surface area contributed by atoms with E-state index in [9.17, 15) is 4.79 Å². The van der Waals surface area contributed by atoms with Crippen molar-refractivity contribution < 1.29 is 4.79 Å². The van der Waals surface area contributed by atoms with Gasteiger partial charge < -0.3 is 0 Å². The zero-order chi connectivity index (χ0) is 18.7. The van der Waals surface area contributed by atoms with Crippen LogP contribution >= 0.6 is 11.3 Å². The molecule has 2 aromatic rings. The third kappa shape index (κ3) is 4.21. The number of benzene rings is 1. The molecule has 0 saturated heterocycles. The van der Waals surface area contributed by atoms with Gasteiger partial charge in [0, 0.05) is 30.2 Å². The van der Waals surface area contributed by atoms with Gasteiger partial charge in [-0.15, -0.1) is 17.1 Å². The van der Waals surface area contributed by atoms with Gasteiger partial charge >= 0.3 is 0 Å². The van der Waals surface area contributed by atoms with Crippen molar-refractivity contribution in [1.29, 1.82) is 0 Å². The smallest absolute Gasteiger partial charge is 0.239 e. The lowest BCUT2D eigenvalue weighted by Crippen LogP contribution is -2.30. The molecular formula is C22H24N2OS. The van der Waals surface area contributed by atoms with Crippen molar-refractivity contribution in [2.24, 2.45) is 5.10 Å². The Morgan fingerprint density at radius 1 is 1.23 bits per heavy atom. The molecule has 134 valence electrons. The van der Waals surface area contributed by atoms with Crippen LogP contribution in [0.25, 0.3) is 5.57 Å². The van der Waals surface area contributed by atoms with E-state index in [-0.39, 0.29) is 11.9 Å². The maximum absolute atomic E-state index is 12.2. The van der Waals surface area contributed by atoms with Gasteiger partial charge in [0.15, 0.2) is 0 Å². The van der Waals surface area contributed by atoms with Crippen molar-refractivity contribution in [1.82, 2.24) is 5.01 Å². The Kier molecular flexibility index (Phi) is 5.55. The maximum atomic E-state index is 12.2. The Hall–Kier alpha value is -2.42. The van der Waals surface area contributed by atoms with Gasteiger partial charge in [0.25, 0.3) is 0 Å². The molecule has 1 aromatic carbocycles. The molecular weight excluding hydrogens is 340 g/mol. The highest BCUT2D eigenvalue weighted by molar-refractivity contribution is 7.11. The highest BCUT2D eigenvalue weighted by Crippen LogP contribution is 2.31. The van der Waals surface area contributed by atoms with E-state index in [4.69, 9.17) is 0 Å². The Morgan fingerprint density at radius 3 is 2.54 bits per heavy atom. The first-order valence-electron chi connectivity index (χ1n) is 8.85. The zero-order valence-corrected chi connectivity index (χ0v) is 16.6. The number of aryl methyl sites for hydroxylation is 1. The maximum Gasteiger partial charge on any atom is 0.239 e. The molecule has 0 fully saturated rings. The van der Waals surface area contributed by atoms with Gasteiger partial charge in [0.2, 0.25) is 5.91 Å². The molecule has 3 rings (SSSR count). The normalized spacial score (nSPS) is 16.2. The van der Waals surface area contributed by atoms with Crippen molar-refractivity contribution in [2.75, 3.05) is 0 Å². The van der Waals surface area contributed by atoms with Crippen LogP contribution in [0.5, 0.6) is 0 Å². The fraction of sp³-hybridized carbons (Fsp3) is 0.318. The molecule has 1 amide bonds. The van der Waals surface area contributed by atoms with Gasteiger partial charge in [-0.05, 0) is 43.4 Å². The molecule has 3 nitrogen and oxygen atoms in total. The van der Waals surface area contributed by atoms with Crippen LogP contribution in [-0.2, 0) is 4.79 Å². The molecule has 0 radical (unpaired) electrons. The quantitative estimate of drug-likeness (QED) is 0.667. The number of thiophene rings is 1. The van der Waals surface area contributed by atoms with Gasteiger partial charge in [-0.25, -0.2) is 5.01 Å². The summed E-state index contributed by atoms with van der Waals surface area (Å²) in [7, 11) is 0.